The number of nitrogens with one attached hydrogen (secondary N) is 1. The average Bonchev–Trinajstić information content (AvgIpc) is 3.54. The minimum absolute atomic E-state index is 0.0549. The third-order valence-corrected chi connectivity index (χ3v) is 12.0. The second kappa shape index (κ2) is 9.09. The van der Waals surface area contributed by atoms with Crippen molar-refractivity contribution in [2.45, 2.75) is 89.3 Å². The Bertz CT molecular complexity index is 1360. The first kappa shape index (κ1) is 28.0. The van der Waals surface area contributed by atoms with E-state index in [1.807, 2.05) is 13.8 Å². The summed E-state index contributed by atoms with van der Waals surface area (Å²) in [6.07, 6.45) is 2.77. The molecule has 5 aliphatic carbocycles. The molecule has 0 aromatic carbocycles. The first-order chi connectivity index (χ1) is 19.9. The van der Waals surface area contributed by atoms with Gasteiger partial charge < -0.3 is 29.4 Å². The van der Waals surface area contributed by atoms with Gasteiger partial charge in [-0.15, -0.1) is 0 Å². The summed E-state index contributed by atoms with van der Waals surface area (Å²) in [5.74, 6) is -5.60. The van der Waals surface area contributed by atoms with Crippen molar-refractivity contribution in [1.82, 2.24) is 5.32 Å². The SMILES string of the molecule is C=C1C(=O)[C@]23[C@H](OC(=O)C4CCC(NC(=O)c5ccco5)CC4)[C@H]1CC[C@H]2[C@@]12CO[C@@]3(O)[C@@H](O)[C@@H]1C(C)(C)CCC2=O. The van der Waals surface area contributed by atoms with Gasteiger partial charge in [0.2, 0.25) is 5.79 Å². The largest absolute Gasteiger partial charge is 0.460 e. The van der Waals surface area contributed by atoms with E-state index in [1.54, 1.807) is 12.1 Å². The van der Waals surface area contributed by atoms with Gasteiger partial charge in [0.1, 0.15) is 23.4 Å². The Morgan fingerprint density at radius 1 is 1.12 bits per heavy atom. The monoisotopic (exact) mass is 581 g/mol. The van der Waals surface area contributed by atoms with Crippen LogP contribution < -0.4 is 5.32 Å². The lowest BCUT2D eigenvalue weighted by molar-refractivity contribution is -0.437. The predicted octanol–water partition coefficient (Wildman–Crippen LogP) is 2.72. The normalized spacial score (nSPS) is 45.2. The van der Waals surface area contributed by atoms with Gasteiger partial charge in [-0.25, -0.2) is 0 Å². The Morgan fingerprint density at radius 3 is 2.55 bits per heavy atom. The van der Waals surface area contributed by atoms with Crippen LogP contribution >= 0.6 is 0 Å². The zero-order chi connectivity index (χ0) is 29.8. The molecule has 10 heteroatoms. The number of Topliss-reactive ketones (excluding diaryl/α,β-unsaturated/α-hetero) is 2. The number of esters is 1. The maximum atomic E-state index is 14.2. The average molecular weight is 582 g/mol. The molecule has 42 heavy (non-hydrogen) atoms. The molecule has 4 bridgehead atoms. The Balaban J connectivity index is 1.17. The number of aliphatic hydroxyl groups is 2. The Hall–Kier alpha value is -2.82. The van der Waals surface area contributed by atoms with E-state index in [9.17, 15) is 29.4 Å². The van der Waals surface area contributed by atoms with Crippen LogP contribution in [0.4, 0.5) is 0 Å². The molecule has 2 saturated heterocycles. The standard InChI is InChI=1S/C32H39NO9/c1-16-19-10-11-21-30-15-41-32(39,25(36)23(30)29(2,3)13-12-22(30)34)31(21,24(16)35)26(19)42-28(38)17-6-8-18(9-7-17)33-27(37)20-5-4-14-40-20/h4-5,14,17-19,21,23,25-26,36,39H,1,6-13,15H2,2-3H3,(H,33,37)/t17?,18?,19-,21-,23+,25-,26+,30+,31-,32-/m0/s1. The van der Waals surface area contributed by atoms with Crippen LogP contribution in [-0.4, -0.2) is 64.3 Å². The van der Waals surface area contributed by atoms with Crippen LogP contribution in [0, 0.1) is 39.9 Å². The number of amides is 1. The van der Waals surface area contributed by atoms with Crippen molar-refractivity contribution < 1.29 is 43.3 Å². The van der Waals surface area contributed by atoms with Gasteiger partial charge in [0.25, 0.3) is 5.91 Å². The highest BCUT2D eigenvalue weighted by Gasteiger charge is 2.88. The Kier molecular flexibility index (Phi) is 6.06. The molecule has 2 spiro atoms. The van der Waals surface area contributed by atoms with Crippen molar-refractivity contribution in [2.75, 3.05) is 6.61 Å². The molecule has 5 saturated carbocycles. The van der Waals surface area contributed by atoms with E-state index in [-0.39, 0.29) is 35.7 Å². The van der Waals surface area contributed by atoms with E-state index in [0.717, 1.165) is 0 Å². The fraction of sp³-hybridized carbons (Fsp3) is 0.688. The second-order valence-electron chi connectivity index (χ2n) is 14.2. The lowest BCUT2D eigenvalue weighted by Crippen LogP contribution is -2.85. The molecule has 226 valence electrons. The maximum Gasteiger partial charge on any atom is 0.309 e. The molecule has 2 aliphatic heterocycles. The van der Waals surface area contributed by atoms with E-state index in [2.05, 4.69) is 11.9 Å². The minimum Gasteiger partial charge on any atom is -0.460 e. The van der Waals surface area contributed by atoms with Crippen molar-refractivity contribution in [3.05, 3.63) is 36.3 Å². The van der Waals surface area contributed by atoms with Gasteiger partial charge >= 0.3 is 5.97 Å². The fourth-order valence-electron chi connectivity index (χ4n) is 10.1. The summed E-state index contributed by atoms with van der Waals surface area (Å²) < 4.78 is 17.4. The molecule has 3 heterocycles. The summed E-state index contributed by atoms with van der Waals surface area (Å²) in [6, 6.07) is 3.12. The lowest BCUT2D eigenvalue weighted by atomic mass is 9.36. The van der Waals surface area contributed by atoms with Crippen molar-refractivity contribution in [1.29, 1.82) is 0 Å². The van der Waals surface area contributed by atoms with Crippen molar-refractivity contribution in [2.24, 2.45) is 39.9 Å². The van der Waals surface area contributed by atoms with Crippen LogP contribution in [0.25, 0.3) is 0 Å². The van der Waals surface area contributed by atoms with Gasteiger partial charge in [-0.05, 0) is 74.0 Å². The van der Waals surface area contributed by atoms with Crippen LogP contribution in [0.3, 0.4) is 0 Å². The molecule has 1 amide bonds. The Labute approximate surface area is 244 Å². The Morgan fingerprint density at radius 2 is 1.86 bits per heavy atom. The smallest absolute Gasteiger partial charge is 0.309 e. The molecule has 10 nitrogen and oxygen atoms in total. The quantitative estimate of drug-likeness (QED) is 0.360. The highest BCUT2D eigenvalue weighted by molar-refractivity contribution is 6.06. The third-order valence-electron chi connectivity index (χ3n) is 12.0. The van der Waals surface area contributed by atoms with Crippen LogP contribution in [0.15, 0.2) is 35.0 Å². The summed E-state index contributed by atoms with van der Waals surface area (Å²) in [5, 5.41) is 27.1. The molecule has 7 aliphatic rings. The molecular weight excluding hydrogens is 542 g/mol. The van der Waals surface area contributed by atoms with E-state index < -0.39 is 69.7 Å². The van der Waals surface area contributed by atoms with Gasteiger partial charge in [0.05, 0.1) is 24.2 Å². The van der Waals surface area contributed by atoms with Crippen LogP contribution in [0.2, 0.25) is 0 Å². The van der Waals surface area contributed by atoms with Crippen molar-refractivity contribution in [3.8, 4) is 0 Å². The number of ketones is 2. The van der Waals surface area contributed by atoms with Gasteiger partial charge in [0, 0.05) is 24.3 Å². The van der Waals surface area contributed by atoms with Crippen molar-refractivity contribution in [3.63, 3.8) is 0 Å². The van der Waals surface area contributed by atoms with E-state index >= 15 is 0 Å². The van der Waals surface area contributed by atoms with Gasteiger partial charge in [-0.3, -0.25) is 19.2 Å². The van der Waals surface area contributed by atoms with Gasteiger partial charge in [-0.2, -0.15) is 0 Å². The van der Waals surface area contributed by atoms with Gasteiger partial charge in [-0.1, -0.05) is 20.4 Å². The highest BCUT2D eigenvalue weighted by atomic mass is 16.6. The lowest BCUT2D eigenvalue weighted by Gasteiger charge is -2.73. The molecule has 7 fully saturated rings. The second-order valence-corrected chi connectivity index (χ2v) is 14.2. The predicted molar refractivity (Wildman–Crippen MR) is 145 cm³/mol. The molecule has 0 unspecified atom stereocenters. The zero-order valence-corrected chi connectivity index (χ0v) is 24.1. The molecule has 8 rings (SSSR count). The highest BCUT2D eigenvalue weighted by Crippen LogP contribution is 2.76. The number of hydrogen-bond donors (Lipinski definition) is 3. The molecule has 1 aromatic heterocycles. The number of aliphatic hydroxyl groups excluding tert-OH is 1. The van der Waals surface area contributed by atoms with Crippen LogP contribution in [0.1, 0.15) is 75.8 Å². The molecule has 1 aromatic rings. The van der Waals surface area contributed by atoms with Gasteiger partial charge in [0.15, 0.2) is 11.5 Å². The van der Waals surface area contributed by atoms with Crippen LogP contribution in [0.5, 0.6) is 0 Å². The van der Waals surface area contributed by atoms with Crippen LogP contribution in [-0.2, 0) is 23.9 Å². The summed E-state index contributed by atoms with van der Waals surface area (Å²) in [5.41, 5.74) is -3.17. The number of carbonyl (C=O) groups is 4. The van der Waals surface area contributed by atoms with E-state index in [0.29, 0.717) is 51.4 Å². The molecular formula is C32H39NO9. The summed E-state index contributed by atoms with van der Waals surface area (Å²) in [7, 11) is 0. The maximum absolute atomic E-state index is 14.2. The van der Waals surface area contributed by atoms with Crippen molar-refractivity contribution >= 4 is 23.4 Å². The van der Waals surface area contributed by atoms with E-state index in [4.69, 9.17) is 13.9 Å². The fourth-order valence-corrected chi connectivity index (χ4v) is 10.1. The number of hydrogen-bond acceptors (Lipinski definition) is 9. The third kappa shape index (κ3) is 3.31. The number of ether oxygens (including phenoxy) is 2. The number of rotatable bonds is 4. The minimum atomic E-state index is -2.31. The summed E-state index contributed by atoms with van der Waals surface area (Å²) in [6.45, 7) is 7.98. The van der Waals surface area contributed by atoms with E-state index in [1.165, 1.54) is 6.26 Å². The first-order valence-electron chi connectivity index (χ1n) is 15.3. The summed E-state index contributed by atoms with van der Waals surface area (Å²) in [4.78, 5) is 54.2. The topological polar surface area (TPSA) is 152 Å². The molecule has 3 N–H and O–H groups in total. The molecule has 0 radical (unpaired) electrons. The molecule has 8 atom stereocenters. The zero-order valence-electron chi connectivity index (χ0n) is 24.1. The number of furan rings is 1. The number of fused-ring (bicyclic) bond motifs is 2. The summed E-state index contributed by atoms with van der Waals surface area (Å²) >= 11 is 0. The first-order valence-corrected chi connectivity index (χ1v) is 15.3. The number of carbonyl (C=O) groups excluding carboxylic acids is 4.